The first-order valence-corrected chi connectivity index (χ1v) is 7.13. The quantitative estimate of drug-likeness (QED) is 0.763. The van der Waals surface area contributed by atoms with Crippen molar-refractivity contribution in [1.29, 1.82) is 0 Å². The summed E-state index contributed by atoms with van der Waals surface area (Å²) < 4.78 is 11.1. The average Bonchev–Trinajstić information content (AvgIpc) is 2.93. The highest BCUT2D eigenvalue weighted by Gasteiger charge is 2.08. The zero-order chi connectivity index (χ0) is 14.7. The molecule has 0 amide bonds. The Bertz CT molecular complexity index is 754. The highest BCUT2D eigenvalue weighted by Crippen LogP contribution is 2.27. The summed E-state index contributed by atoms with van der Waals surface area (Å²) in [6.07, 6.45) is 1.54. The summed E-state index contributed by atoms with van der Waals surface area (Å²) in [7, 11) is 1.62. The van der Waals surface area contributed by atoms with Gasteiger partial charge in [0.05, 0.1) is 17.4 Å². The summed E-state index contributed by atoms with van der Waals surface area (Å²) in [5, 5.41) is 8.18. The van der Waals surface area contributed by atoms with Crippen LogP contribution in [0.5, 0.6) is 0 Å². The van der Waals surface area contributed by atoms with E-state index >= 15 is 0 Å². The van der Waals surface area contributed by atoms with Crippen LogP contribution in [0.1, 0.15) is 11.5 Å². The van der Waals surface area contributed by atoms with E-state index in [1.165, 1.54) is 6.33 Å². The van der Waals surface area contributed by atoms with Crippen LogP contribution in [0.15, 0.2) is 39.6 Å². The number of nitrogens with one attached hydrogen (secondary N) is 1. The largest absolute Gasteiger partial charge is 0.377 e. The molecule has 3 aromatic rings. The number of halogens is 1. The predicted molar refractivity (Wildman–Crippen MR) is 81.8 cm³/mol. The minimum atomic E-state index is 0.412. The van der Waals surface area contributed by atoms with E-state index in [0.29, 0.717) is 18.9 Å². The van der Waals surface area contributed by atoms with Crippen LogP contribution in [0, 0.1) is 0 Å². The van der Waals surface area contributed by atoms with Gasteiger partial charge in [-0.1, -0.05) is 11.2 Å². The number of nitrogens with zero attached hydrogens (tertiary/aromatic N) is 3. The van der Waals surface area contributed by atoms with Crippen molar-refractivity contribution in [3.63, 3.8) is 0 Å². The minimum Gasteiger partial charge on any atom is -0.377 e. The van der Waals surface area contributed by atoms with Gasteiger partial charge in [0.1, 0.15) is 24.4 Å². The first kappa shape index (κ1) is 14.0. The third-order valence-corrected chi connectivity index (χ3v) is 3.60. The molecular formula is C14H13BrN4O2. The second kappa shape index (κ2) is 6.19. The Morgan fingerprint density at radius 3 is 3.10 bits per heavy atom. The molecule has 0 bridgehead atoms. The van der Waals surface area contributed by atoms with Crippen molar-refractivity contribution in [3.8, 4) is 0 Å². The van der Waals surface area contributed by atoms with Crippen LogP contribution in [0.3, 0.4) is 0 Å². The maximum absolute atomic E-state index is 5.15. The minimum absolute atomic E-state index is 0.412. The Hall–Kier alpha value is -1.99. The lowest BCUT2D eigenvalue weighted by Gasteiger charge is -2.07. The lowest BCUT2D eigenvalue weighted by atomic mass is 10.2. The van der Waals surface area contributed by atoms with E-state index < -0.39 is 0 Å². The number of ether oxygens (including phenoxy) is 1. The summed E-state index contributed by atoms with van der Waals surface area (Å²) in [6, 6.07) is 7.70. The Kier molecular flexibility index (Phi) is 4.12. The maximum atomic E-state index is 5.15. The van der Waals surface area contributed by atoms with E-state index in [4.69, 9.17) is 9.26 Å². The van der Waals surface area contributed by atoms with Crippen molar-refractivity contribution in [3.05, 3.63) is 46.5 Å². The standard InChI is InChI=1S/C14H13BrN4O2/c1-20-7-10-5-9(19-21-10)6-16-14-13-11(15)3-2-4-12(13)17-8-18-14/h2-5,8H,6-7H2,1H3,(H,16,17,18). The number of rotatable bonds is 5. The van der Waals surface area contributed by atoms with Gasteiger partial charge in [0.25, 0.3) is 0 Å². The number of anilines is 1. The van der Waals surface area contributed by atoms with Crippen LogP contribution in [-0.4, -0.2) is 22.2 Å². The van der Waals surface area contributed by atoms with Crippen molar-refractivity contribution in [2.45, 2.75) is 13.2 Å². The summed E-state index contributed by atoms with van der Waals surface area (Å²) in [6.45, 7) is 0.926. The number of aromatic nitrogens is 3. The molecule has 7 heteroatoms. The molecule has 0 aliphatic heterocycles. The number of benzene rings is 1. The highest BCUT2D eigenvalue weighted by atomic mass is 79.9. The van der Waals surface area contributed by atoms with Crippen molar-refractivity contribution in [2.75, 3.05) is 12.4 Å². The van der Waals surface area contributed by atoms with Crippen molar-refractivity contribution < 1.29 is 9.26 Å². The molecule has 0 atom stereocenters. The Balaban J connectivity index is 1.81. The fourth-order valence-corrected chi connectivity index (χ4v) is 2.57. The molecule has 0 radical (unpaired) electrons. The molecule has 6 nitrogen and oxygen atoms in total. The molecular weight excluding hydrogens is 336 g/mol. The van der Waals surface area contributed by atoms with E-state index in [1.807, 2.05) is 24.3 Å². The topological polar surface area (TPSA) is 73.1 Å². The lowest BCUT2D eigenvalue weighted by molar-refractivity contribution is 0.156. The normalized spacial score (nSPS) is 11.0. The fourth-order valence-electron chi connectivity index (χ4n) is 2.03. The van der Waals surface area contributed by atoms with Gasteiger partial charge in [-0.05, 0) is 28.1 Å². The fraction of sp³-hybridized carbons (Fsp3) is 0.214. The summed E-state index contributed by atoms with van der Waals surface area (Å²) in [5.74, 6) is 1.45. The highest BCUT2D eigenvalue weighted by molar-refractivity contribution is 9.10. The SMILES string of the molecule is COCc1cc(CNc2ncnc3cccc(Br)c23)no1. The molecule has 1 aromatic carbocycles. The summed E-state index contributed by atoms with van der Waals surface area (Å²) in [4.78, 5) is 8.54. The zero-order valence-electron chi connectivity index (χ0n) is 11.3. The molecule has 108 valence electrons. The van der Waals surface area contributed by atoms with Crippen LogP contribution in [0.2, 0.25) is 0 Å². The molecule has 0 aliphatic carbocycles. The Morgan fingerprint density at radius 1 is 1.33 bits per heavy atom. The van der Waals surface area contributed by atoms with Crippen molar-refractivity contribution >= 4 is 32.7 Å². The third kappa shape index (κ3) is 3.03. The first-order chi connectivity index (χ1) is 10.3. The van der Waals surface area contributed by atoms with Crippen molar-refractivity contribution in [2.24, 2.45) is 0 Å². The smallest absolute Gasteiger partial charge is 0.162 e. The number of hydrogen-bond donors (Lipinski definition) is 1. The molecule has 0 spiro atoms. The Labute approximate surface area is 129 Å². The van der Waals surface area contributed by atoms with Gasteiger partial charge in [0.2, 0.25) is 0 Å². The molecule has 1 N–H and O–H groups in total. The van der Waals surface area contributed by atoms with Gasteiger partial charge in [0.15, 0.2) is 5.76 Å². The van der Waals surface area contributed by atoms with Crippen LogP contribution >= 0.6 is 15.9 Å². The number of methoxy groups -OCH3 is 1. The molecule has 3 rings (SSSR count). The van der Waals surface area contributed by atoms with E-state index in [9.17, 15) is 0 Å². The molecule has 0 fully saturated rings. The molecule has 0 unspecified atom stereocenters. The van der Waals surface area contributed by atoms with Crippen LogP contribution in [0.4, 0.5) is 5.82 Å². The summed E-state index contributed by atoms with van der Waals surface area (Å²) in [5.41, 5.74) is 1.67. The lowest BCUT2D eigenvalue weighted by Crippen LogP contribution is -2.03. The van der Waals surface area contributed by atoms with E-state index in [-0.39, 0.29) is 0 Å². The second-order valence-corrected chi connectivity index (χ2v) is 5.28. The van der Waals surface area contributed by atoms with Gasteiger partial charge in [0, 0.05) is 17.6 Å². The second-order valence-electron chi connectivity index (χ2n) is 4.43. The first-order valence-electron chi connectivity index (χ1n) is 6.34. The molecule has 0 saturated heterocycles. The van der Waals surface area contributed by atoms with Gasteiger partial charge < -0.3 is 14.6 Å². The van der Waals surface area contributed by atoms with Crippen molar-refractivity contribution in [1.82, 2.24) is 15.1 Å². The molecule has 0 saturated carbocycles. The predicted octanol–water partition coefficient (Wildman–Crippen LogP) is 3.14. The number of hydrogen-bond acceptors (Lipinski definition) is 6. The van der Waals surface area contributed by atoms with Gasteiger partial charge >= 0.3 is 0 Å². The van der Waals surface area contributed by atoms with Gasteiger partial charge in [-0.25, -0.2) is 9.97 Å². The molecule has 2 heterocycles. The van der Waals surface area contributed by atoms with E-state index in [0.717, 1.165) is 26.9 Å². The van der Waals surface area contributed by atoms with Gasteiger partial charge in [-0.15, -0.1) is 0 Å². The Morgan fingerprint density at radius 2 is 2.24 bits per heavy atom. The number of fused-ring (bicyclic) bond motifs is 1. The van der Waals surface area contributed by atoms with Crippen LogP contribution in [0.25, 0.3) is 10.9 Å². The van der Waals surface area contributed by atoms with Gasteiger partial charge in [-0.2, -0.15) is 0 Å². The van der Waals surface area contributed by atoms with Crippen LogP contribution in [-0.2, 0) is 17.9 Å². The van der Waals surface area contributed by atoms with Crippen LogP contribution < -0.4 is 5.32 Å². The average molecular weight is 349 g/mol. The van der Waals surface area contributed by atoms with E-state index in [2.05, 4.69) is 36.4 Å². The van der Waals surface area contributed by atoms with Gasteiger partial charge in [-0.3, -0.25) is 0 Å². The maximum Gasteiger partial charge on any atom is 0.162 e. The molecule has 0 aliphatic rings. The molecule has 2 aromatic heterocycles. The third-order valence-electron chi connectivity index (χ3n) is 2.94. The molecule has 21 heavy (non-hydrogen) atoms. The van der Waals surface area contributed by atoms with E-state index in [1.54, 1.807) is 7.11 Å². The summed E-state index contributed by atoms with van der Waals surface area (Å²) >= 11 is 3.53. The zero-order valence-corrected chi connectivity index (χ0v) is 12.9. The monoisotopic (exact) mass is 348 g/mol.